The Bertz CT molecular complexity index is 601. The smallest absolute Gasteiger partial charge is 0.233 e. The van der Waals surface area contributed by atoms with Crippen molar-refractivity contribution >= 4 is 11.6 Å². The molecule has 2 rings (SSSR count). The number of nitrogens with zero attached hydrogens (tertiary/aromatic N) is 3. The second kappa shape index (κ2) is 7.04. The summed E-state index contributed by atoms with van der Waals surface area (Å²) in [5, 5.41) is 0. The van der Waals surface area contributed by atoms with Gasteiger partial charge in [-0.15, -0.1) is 0 Å². The summed E-state index contributed by atoms with van der Waals surface area (Å²) >= 11 is 0. The van der Waals surface area contributed by atoms with Crippen molar-refractivity contribution in [3.05, 3.63) is 41.6 Å². The summed E-state index contributed by atoms with van der Waals surface area (Å²) in [6.07, 6.45) is 0.949. The van der Waals surface area contributed by atoms with Crippen LogP contribution in [0.2, 0.25) is 0 Å². The van der Waals surface area contributed by atoms with Gasteiger partial charge in [0.25, 0.3) is 0 Å². The summed E-state index contributed by atoms with van der Waals surface area (Å²) in [7, 11) is 1.94. The number of aromatic nitrogens is 2. The molecule has 2 aromatic rings. The van der Waals surface area contributed by atoms with Crippen LogP contribution in [-0.4, -0.2) is 23.6 Å². The molecule has 0 radical (unpaired) electrons. The molecule has 5 heteroatoms. The average molecular weight is 286 g/mol. The van der Waals surface area contributed by atoms with Crippen molar-refractivity contribution in [2.45, 2.75) is 26.8 Å². The van der Waals surface area contributed by atoms with Crippen LogP contribution < -0.4 is 15.4 Å². The van der Waals surface area contributed by atoms with Crippen molar-refractivity contribution in [2.24, 2.45) is 5.73 Å². The van der Waals surface area contributed by atoms with Gasteiger partial charge in [-0.1, -0.05) is 25.1 Å². The largest absolute Gasteiger partial charge is 0.478 e. The Morgan fingerprint density at radius 2 is 2.00 bits per heavy atom. The predicted octanol–water partition coefficient (Wildman–Crippen LogP) is 2.80. The van der Waals surface area contributed by atoms with Crippen LogP contribution >= 0.6 is 0 Å². The second-order valence-corrected chi connectivity index (χ2v) is 4.89. The van der Waals surface area contributed by atoms with Crippen molar-refractivity contribution < 1.29 is 4.74 Å². The molecule has 0 aliphatic rings. The van der Waals surface area contributed by atoms with E-state index in [-0.39, 0.29) is 0 Å². The summed E-state index contributed by atoms with van der Waals surface area (Å²) in [6.45, 7) is 5.13. The van der Waals surface area contributed by atoms with Gasteiger partial charge in [0.05, 0.1) is 6.61 Å². The van der Waals surface area contributed by atoms with Crippen LogP contribution in [0.3, 0.4) is 0 Å². The minimum atomic E-state index is 0.478. The van der Waals surface area contributed by atoms with Gasteiger partial charge in [0.2, 0.25) is 11.8 Å². The summed E-state index contributed by atoms with van der Waals surface area (Å²) < 4.78 is 5.62. The van der Waals surface area contributed by atoms with Gasteiger partial charge in [0.15, 0.2) is 0 Å². The number of para-hydroxylation sites is 1. The highest BCUT2D eigenvalue weighted by molar-refractivity contribution is 5.61. The van der Waals surface area contributed by atoms with Gasteiger partial charge in [-0.05, 0) is 25.0 Å². The Morgan fingerprint density at radius 3 is 2.71 bits per heavy atom. The summed E-state index contributed by atoms with van der Waals surface area (Å²) in [4.78, 5) is 10.9. The van der Waals surface area contributed by atoms with Crippen molar-refractivity contribution in [1.82, 2.24) is 9.97 Å². The highest BCUT2D eigenvalue weighted by Crippen LogP contribution is 2.25. The van der Waals surface area contributed by atoms with Gasteiger partial charge in [0, 0.05) is 31.0 Å². The van der Waals surface area contributed by atoms with Crippen LogP contribution in [0.5, 0.6) is 5.88 Å². The first-order valence-corrected chi connectivity index (χ1v) is 7.16. The van der Waals surface area contributed by atoms with E-state index < -0.39 is 0 Å². The lowest BCUT2D eigenvalue weighted by molar-refractivity contribution is 0.304. The molecule has 2 N–H and O–H groups in total. The summed E-state index contributed by atoms with van der Waals surface area (Å²) in [5.41, 5.74) is 8.74. The fourth-order valence-corrected chi connectivity index (χ4v) is 2.07. The number of rotatable bonds is 6. The van der Waals surface area contributed by atoms with Crippen LogP contribution in [0, 0.1) is 6.92 Å². The zero-order valence-electron chi connectivity index (χ0n) is 12.8. The average Bonchev–Trinajstić information content (AvgIpc) is 2.51. The van der Waals surface area contributed by atoms with Crippen molar-refractivity contribution in [2.75, 3.05) is 18.6 Å². The standard InChI is InChI=1S/C16H22N4O/c1-4-9-21-15-10-12(2)18-16(19-15)20(3)14-8-6-5-7-13(14)11-17/h5-8,10H,4,9,11,17H2,1-3H3. The monoisotopic (exact) mass is 286 g/mol. The van der Waals surface area contributed by atoms with E-state index >= 15 is 0 Å². The molecule has 0 spiro atoms. The first kappa shape index (κ1) is 15.3. The number of aryl methyl sites for hydroxylation is 1. The lowest BCUT2D eigenvalue weighted by Crippen LogP contribution is -2.17. The molecule has 0 saturated heterocycles. The Balaban J connectivity index is 2.34. The Kier molecular flexibility index (Phi) is 5.11. The molecule has 0 atom stereocenters. The van der Waals surface area contributed by atoms with E-state index in [4.69, 9.17) is 10.5 Å². The van der Waals surface area contributed by atoms with E-state index in [9.17, 15) is 0 Å². The molecule has 1 aromatic heterocycles. The van der Waals surface area contributed by atoms with Gasteiger partial charge >= 0.3 is 0 Å². The van der Waals surface area contributed by atoms with Gasteiger partial charge in [0.1, 0.15) is 0 Å². The van der Waals surface area contributed by atoms with E-state index in [0.29, 0.717) is 25.0 Å². The van der Waals surface area contributed by atoms with Crippen molar-refractivity contribution in [3.8, 4) is 5.88 Å². The number of hydrogen-bond donors (Lipinski definition) is 1. The molecule has 0 aliphatic heterocycles. The molecule has 1 aromatic carbocycles. The molecule has 0 saturated carbocycles. The van der Waals surface area contributed by atoms with E-state index in [1.807, 2.05) is 49.2 Å². The highest BCUT2D eigenvalue weighted by atomic mass is 16.5. The zero-order valence-corrected chi connectivity index (χ0v) is 12.8. The van der Waals surface area contributed by atoms with Gasteiger partial charge in [-0.25, -0.2) is 4.98 Å². The molecule has 0 fully saturated rings. The maximum atomic E-state index is 5.80. The molecule has 5 nitrogen and oxygen atoms in total. The maximum absolute atomic E-state index is 5.80. The third-order valence-electron chi connectivity index (χ3n) is 3.15. The maximum Gasteiger partial charge on any atom is 0.233 e. The quantitative estimate of drug-likeness (QED) is 0.884. The number of ether oxygens (including phenoxy) is 1. The van der Waals surface area contributed by atoms with E-state index in [2.05, 4.69) is 16.9 Å². The SMILES string of the molecule is CCCOc1cc(C)nc(N(C)c2ccccc2CN)n1. The molecular formula is C16H22N4O. The number of hydrogen-bond acceptors (Lipinski definition) is 5. The molecule has 112 valence electrons. The summed E-state index contributed by atoms with van der Waals surface area (Å²) in [6, 6.07) is 9.83. The topological polar surface area (TPSA) is 64.3 Å². The molecule has 1 heterocycles. The highest BCUT2D eigenvalue weighted by Gasteiger charge is 2.12. The Labute approximate surface area is 125 Å². The third kappa shape index (κ3) is 3.70. The van der Waals surface area contributed by atoms with E-state index in [0.717, 1.165) is 23.4 Å². The number of nitrogens with two attached hydrogens (primary N) is 1. The van der Waals surface area contributed by atoms with Crippen molar-refractivity contribution in [3.63, 3.8) is 0 Å². The zero-order chi connectivity index (χ0) is 15.2. The number of benzene rings is 1. The minimum absolute atomic E-state index is 0.478. The minimum Gasteiger partial charge on any atom is -0.478 e. The van der Waals surface area contributed by atoms with Gasteiger partial charge in [-0.3, -0.25) is 0 Å². The van der Waals surface area contributed by atoms with E-state index in [1.165, 1.54) is 0 Å². The van der Waals surface area contributed by atoms with E-state index in [1.54, 1.807) is 0 Å². The predicted molar refractivity (Wildman–Crippen MR) is 85.0 cm³/mol. The Morgan fingerprint density at radius 1 is 1.24 bits per heavy atom. The fraction of sp³-hybridized carbons (Fsp3) is 0.375. The molecular weight excluding hydrogens is 264 g/mol. The number of anilines is 2. The van der Waals surface area contributed by atoms with Crippen LogP contribution in [0.15, 0.2) is 30.3 Å². The third-order valence-corrected chi connectivity index (χ3v) is 3.15. The Hall–Kier alpha value is -2.14. The van der Waals surface area contributed by atoms with Crippen LogP contribution in [0.1, 0.15) is 24.6 Å². The first-order chi connectivity index (χ1) is 10.2. The van der Waals surface area contributed by atoms with Crippen LogP contribution in [0.25, 0.3) is 0 Å². The molecule has 0 amide bonds. The fourth-order valence-electron chi connectivity index (χ4n) is 2.07. The van der Waals surface area contributed by atoms with Gasteiger partial charge in [-0.2, -0.15) is 4.98 Å². The molecule has 0 bridgehead atoms. The van der Waals surface area contributed by atoms with Crippen LogP contribution in [-0.2, 0) is 6.54 Å². The molecule has 0 unspecified atom stereocenters. The normalized spacial score (nSPS) is 10.5. The molecule has 0 aliphatic carbocycles. The summed E-state index contributed by atoms with van der Waals surface area (Å²) in [5.74, 6) is 1.22. The first-order valence-electron chi connectivity index (χ1n) is 7.16. The lowest BCUT2D eigenvalue weighted by Gasteiger charge is -2.21. The molecule has 21 heavy (non-hydrogen) atoms. The van der Waals surface area contributed by atoms with Crippen LogP contribution in [0.4, 0.5) is 11.6 Å². The second-order valence-electron chi connectivity index (χ2n) is 4.89. The van der Waals surface area contributed by atoms with Crippen molar-refractivity contribution in [1.29, 1.82) is 0 Å². The lowest BCUT2D eigenvalue weighted by atomic mass is 10.1. The van der Waals surface area contributed by atoms with Gasteiger partial charge < -0.3 is 15.4 Å².